The summed E-state index contributed by atoms with van der Waals surface area (Å²) in [7, 11) is 0. The maximum absolute atomic E-state index is 13.6. The summed E-state index contributed by atoms with van der Waals surface area (Å²) in [5.74, 6) is -1.21. The molecule has 6 heteroatoms. The number of hydrogen-bond acceptors (Lipinski definition) is 3. The molecule has 19 heavy (non-hydrogen) atoms. The first kappa shape index (κ1) is 15.4. The van der Waals surface area contributed by atoms with Gasteiger partial charge in [-0.05, 0) is 18.7 Å². The third kappa shape index (κ3) is 4.17. The molecule has 0 fully saturated rings. The van der Waals surface area contributed by atoms with Crippen molar-refractivity contribution in [3.8, 4) is 0 Å². The van der Waals surface area contributed by atoms with Crippen LogP contribution in [0.15, 0.2) is 23.4 Å². The quantitative estimate of drug-likeness (QED) is 0.361. The highest BCUT2D eigenvalue weighted by molar-refractivity contribution is 5.82. The number of oxime groups is 1. The molecule has 1 atom stereocenters. The Bertz CT molecular complexity index is 431. The van der Waals surface area contributed by atoms with Gasteiger partial charge in [-0.2, -0.15) is 0 Å². The number of halogens is 2. The average molecular weight is 271 g/mol. The van der Waals surface area contributed by atoms with E-state index in [0.29, 0.717) is 13.1 Å². The SMILES string of the molecule is CCN(Cc1c(F)cccc1F)CC(C)/C(N)=N/O. The van der Waals surface area contributed by atoms with Crippen molar-refractivity contribution >= 4 is 5.84 Å². The second-order valence-corrected chi connectivity index (χ2v) is 4.45. The second kappa shape index (κ2) is 7.04. The van der Waals surface area contributed by atoms with Crippen molar-refractivity contribution in [2.45, 2.75) is 20.4 Å². The summed E-state index contributed by atoms with van der Waals surface area (Å²) in [5, 5.41) is 11.5. The number of rotatable bonds is 6. The van der Waals surface area contributed by atoms with Crippen molar-refractivity contribution in [1.29, 1.82) is 0 Å². The Kier molecular flexibility index (Phi) is 5.69. The zero-order valence-corrected chi connectivity index (χ0v) is 11.1. The molecule has 0 aliphatic rings. The van der Waals surface area contributed by atoms with Crippen LogP contribution in [0.25, 0.3) is 0 Å². The molecule has 4 nitrogen and oxygen atoms in total. The Labute approximate surface area is 111 Å². The number of benzene rings is 1. The molecule has 0 spiro atoms. The van der Waals surface area contributed by atoms with Crippen LogP contribution >= 0.6 is 0 Å². The molecular formula is C13H19F2N3O. The first-order chi connectivity index (χ1) is 8.99. The Morgan fingerprint density at radius 1 is 1.42 bits per heavy atom. The van der Waals surface area contributed by atoms with Crippen LogP contribution in [0.2, 0.25) is 0 Å². The predicted molar refractivity (Wildman–Crippen MR) is 69.9 cm³/mol. The van der Waals surface area contributed by atoms with Crippen molar-refractivity contribution in [1.82, 2.24) is 4.90 Å². The highest BCUT2D eigenvalue weighted by Crippen LogP contribution is 2.15. The van der Waals surface area contributed by atoms with Gasteiger partial charge in [-0.1, -0.05) is 25.1 Å². The molecular weight excluding hydrogens is 252 g/mol. The fourth-order valence-corrected chi connectivity index (χ4v) is 1.79. The summed E-state index contributed by atoms with van der Waals surface area (Å²) in [5.41, 5.74) is 5.54. The molecule has 0 saturated heterocycles. The molecule has 0 radical (unpaired) electrons. The maximum atomic E-state index is 13.6. The lowest BCUT2D eigenvalue weighted by Crippen LogP contribution is -2.35. The van der Waals surface area contributed by atoms with E-state index < -0.39 is 11.6 Å². The van der Waals surface area contributed by atoms with Crippen molar-refractivity contribution in [2.24, 2.45) is 16.8 Å². The van der Waals surface area contributed by atoms with Crippen LogP contribution in [-0.4, -0.2) is 29.0 Å². The molecule has 1 rings (SSSR count). The molecule has 3 N–H and O–H groups in total. The van der Waals surface area contributed by atoms with Gasteiger partial charge in [-0.15, -0.1) is 0 Å². The topological polar surface area (TPSA) is 61.8 Å². The second-order valence-electron chi connectivity index (χ2n) is 4.45. The van der Waals surface area contributed by atoms with Crippen LogP contribution in [0.4, 0.5) is 8.78 Å². The highest BCUT2D eigenvalue weighted by atomic mass is 19.1. The van der Waals surface area contributed by atoms with Gasteiger partial charge in [0.05, 0.1) is 0 Å². The molecule has 1 aromatic carbocycles. The fourth-order valence-electron chi connectivity index (χ4n) is 1.79. The largest absolute Gasteiger partial charge is 0.409 e. The standard InChI is InChI=1S/C13H19F2N3O/c1-3-18(7-9(2)13(16)17-19)8-10-11(14)5-4-6-12(10)15/h4-6,9,19H,3,7-8H2,1-2H3,(H2,16,17). The first-order valence-electron chi connectivity index (χ1n) is 6.12. The number of nitrogens with zero attached hydrogens (tertiary/aromatic N) is 2. The number of amidine groups is 1. The van der Waals surface area contributed by atoms with E-state index in [1.165, 1.54) is 18.2 Å². The highest BCUT2D eigenvalue weighted by Gasteiger charge is 2.16. The summed E-state index contributed by atoms with van der Waals surface area (Å²) in [6.07, 6.45) is 0. The molecule has 0 aromatic heterocycles. The lowest BCUT2D eigenvalue weighted by Gasteiger charge is -2.24. The molecule has 0 aliphatic heterocycles. The van der Waals surface area contributed by atoms with Crippen molar-refractivity contribution in [3.05, 3.63) is 35.4 Å². The van der Waals surface area contributed by atoms with Gasteiger partial charge in [0, 0.05) is 24.6 Å². The van der Waals surface area contributed by atoms with Crippen molar-refractivity contribution in [2.75, 3.05) is 13.1 Å². The van der Waals surface area contributed by atoms with Crippen LogP contribution in [-0.2, 0) is 6.54 Å². The summed E-state index contributed by atoms with van der Waals surface area (Å²) in [6, 6.07) is 3.81. The van der Waals surface area contributed by atoms with Crippen molar-refractivity contribution in [3.63, 3.8) is 0 Å². The lowest BCUT2D eigenvalue weighted by atomic mass is 10.1. The van der Waals surface area contributed by atoms with Gasteiger partial charge in [-0.25, -0.2) is 8.78 Å². The zero-order chi connectivity index (χ0) is 14.4. The number of nitrogens with two attached hydrogens (primary N) is 1. The van der Waals surface area contributed by atoms with Gasteiger partial charge >= 0.3 is 0 Å². The molecule has 1 aromatic rings. The maximum Gasteiger partial charge on any atom is 0.143 e. The van der Waals surface area contributed by atoms with E-state index in [-0.39, 0.29) is 23.9 Å². The van der Waals surface area contributed by atoms with E-state index >= 15 is 0 Å². The van der Waals surface area contributed by atoms with Crippen LogP contribution < -0.4 is 5.73 Å². The summed E-state index contributed by atoms with van der Waals surface area (Å²) in [6.45, 7) is 4.89. The molecule has 0 saturated carbocycles. The Morgan fingerprint density at radius 3 is 2.47 bits per heavy atom. The molecule has 0 bridgehead atoms. The Balaban J connectivity index is 2.77. The van der Waals surface area contributed by atoms with E-state index in [4.69, 9.17) is 10.9 Å². The van der Waals surface area contributed by atoms with E-state index in [2.05, 4.69) is 5.16 Å². The van der Waals surface area contributed by atoms with E-state index in [9.17, 15) is 8.78 Å². The monoisotopic (exact) mass is 271 g/mol. The van der Waals surface area contributed by atoms with Crippen LogP contribution in [0.1, 0.15) is 19.4 Å². The minimum absolute atomic E-state index is 0.0380. The third-order valence-electron chi connectivity index (χ3n) is 3.04. The summed E-state index contributed by atoms with van der Waals surface area (Å²) >= 11 is 0. The minimum atomic E-state index is -0.560. The van der Waals surface area contributed by atoms with Gasteiger partial charge in [0.1, 0.15) is 17.5 Å². The Morgan fingerprint density at radius 2 is 2.00 bits per heavy atom. The van der Waals surface area contributed by atoms with Crippen LogP contribution in [0.5, 0.6) is 0 Å². The van der Waals surface area contributed by atoms with Crippen LogP contribution in [0, 0.1) is 17.6 Å². The fraction of sp³-hybridized carbons (Fsp3) is 0.462. The molecule has 0 amide bonds. The zero-order valence-electron chi connectivity index (χ0n) is 11.1. The van der Waals surface area contributed by atoms with Gasteiger partial charge in [0.15, 0.2) is 0 Å². The molecule has 106 valence electrons. The predicted octanol–water partition coefficient (Wildman–Crippen LogP) is 2.17. The normalized spacial score (nSPS) is 13.8. The first-order valence-corrected chi connectivity index (χ1v) is 6.12. The van der Waals surface area contributed by atoms with Gasteiger partial charge in [0.2, 0.25) is 0 Å². The molecule has 0 aliphatic carbocycles. The summed E-state index contributed by atoms with van der Waals surface area (Å²) < 4.78 is 27.1. The molecule has 1 unspecified atom stereocenters. The smallest absolute Gasteiger partial charge is 0.143 e. The van der Waals surface area contributed by atoms with Gasteiger partial charge in [0.25, 0.3) is 0 Å². The van der Waals surface area contributed by atoms with Gasteiger partial charge < -0.3 is 10.9 Å². The van der Waals surface area contributed by atoms with Crippen LogP contribution in [0.3, 0.4) is 0 Å². The third-order valence-corrected chi connectivity index (χ3v) is 3.04. The van der Waals surface area contributed by atoms with E-state index in [1.54, 1.807) is 6.92 Å². The lowest BCUT2D eigenvalue weighted by molar-refractivity contribution is 0.251. The van der Waals surface area contributed by atoms with E-state index in [0.717, 1.165) is 0 Å². The van der Waals surface area contributed by atoms with Crippen molar-refractivity contribution < 1.29 is 14.0 Å². The molecule has 0 heterocycles. The van der Waals surface area contributed by atoms with Gasteiger partial charge in [-0.3, -0.25) is 4.90 Å². The Hall–Kier alpha value is -1.69. The average Bonchev–Trinajstić information content (AvgIpc) is 2.40. The van der Waals surface area contributed by atoms with E-state index in [1.807, 2.05) is 11.8 Å². The minimum Gasteiger partial charge on any atom is -0.409 e. The number of hydrogen-bond donors (Lipinski definition) is 2. The summed E-state index contributed by atoms with van der Waals surface area (Å²) in [4.78, 5) is 1.84.